The second kappa shape index (κ2) is 7.85. The summed E-state index contributed by atoms with van der Waals surface area (Å²) in [6.45, 7) is 1.89. The lowest BCUT2D eigenvalue weighted by Crippen LogP contribution is -2.41. The Hall–Kier alpha value is -2.11. The van der Waals surface area contributed by atoms with E-state index in [2.05, 4.69) is 5.32 Å². The molecule has 1 aromatic carbocycles. The second-order valence-corrected chi connectivity index (χ2v) is 6.73. The first kappa shape index (κ1) is 17.7. The lowest BCUT2D eigenvalue weighted by molar-refractivity contribution is 0.0736. The molecule has 0 saturated carbocycles. The van der Waals surface area contributed by atoms with Crippen LogP contribution >= 0.6 is 11.6 Å². The number of likely N-dealkylation sites (tertiary alicyclic amines) is 1. The number of pyridine rings is 1. The molecule has 1 unspecified atom stereocenters. The molecule has 0 aliphatic carbocycles. The summed E-state index contributed by atoms with van der Waals surface area (Å²) in [5, 5.41) is 3.75. The number of hydrogen-bond acceptors (Lipinski definition) is 3. The fourth-order valence-electron chi connectivity index (χ4n) is 3.31. The van der Waals surface area contributed by atoms with Crippen LogP contribution in [0.4, 0.5) is 0 Å². The van der Waals surface area contributed by atoms with Gasteiger partial charge in [-0.2, -0.15) is 0 Å². The van der Waals surface area contributed by atoms with Crippen molar-refractivity contribution in [3.8, 4) is 0 Å². The van der Waals surface area contributed by atoms with Gasteiger partial charge in [0.05, 0.1) is 12.1 Å². The largest absolute Gasteiger partial charge is 0.334 e. The standard InChI is InChI=1S/C19H22ClN3O2/c1-21-11-16-6-4-10-23(16)19(25)15-8-9-18(24)22(13-15)12-14-5-2-3-7-17(14)20/h2-3,5,7-9,13,16,21H,4,6,10-12H2,1H3. The van der Waals surface area contributed by atoms with Crippen molar-refractivity contribution in [2.45, 2.75) is 25.4 Å². The molecule has 2 heterocycles. The van der Waals surface area contributed by atoms with E-state index in [0.717, 1.165) is 31.5 Å². The maximum Gasteiger partial charge on any atom is 0.255 e. The Morgan fingerprint density at radius 2 is 2.08 bits per heavy atom. The van der Waals surface area contributed by atoms with Crippen LogP contribution < -0.4 is 10.9 Å². The fraction of sp³-hybridized carbons (Fsp3) is 0.368. The Morgan fingerprint density at radius 1 is 1.28 bits per heavy atom. The van der Waals surface area contributed by atoms with Crippen LogP contribution in [0.15, 0.2) is 47.4 Å². The van der Waals surface area contributed by atoms with E-state index in [1.54, 1.807) is 18.3 Å². The summed E-state index contributed by atoms with van der Waals surface area (Å²) in [5.74, 6) is -0.0225. The van der Waals surface area contributed by atoms with Crippen LogP contribution in [-0.2, 0) is 6.54 Å². The van der Waals surface area contributed by atoms with Crippen molar-refractivity contribution in [1.82, 2.24) is 14.8 Å². The number of nitrogens with zero attached hydrogens (tertiary/aromatic N) is 2. The maximum atomic E-state index is 12.9. The van der Waals surface area contributed by atoms with E-state index in [-0.39, 0.29) is 17.5 Å². The third-order valence-electron chi connectivity index (χ3n) is 4.61. The summed E-state index contributed by atoms with van der Waals surface area (Å²) < 4.78 is 1.54. The number of halogens is 1. The third kappa shape index (κ3) is 3.94. The van der Waals surface area contributed by atoms with Crippen LogP contribution in [0.5, 0.6) is 0 Å². The third-order valence-corrected chi connectivity index (χ3v) is 4.98. The van der Waals surface area contributed by atoms with Gasteiger partial charge in [0.25, 0.3) is 11.5 Å². The molecule has 132 valence electrons. The molecule has 1 aliphatic rings. The first-order valence-electron chi connectivity index (χ1n) is 8.49. The molecule has 2 aromatic rings. The average Bonchev–Trinajstić information content (AvgIpc) is 3.07. The summed E-state index contributed by atoms with van der Waals surface area (Å²) in [5.41, 5.74) is 1.24. The van der Waals surface area contributed by atoms with E-state index in [1.807, 2.05) is 30.1 Å². The maximum absolute atomic E-state index is 12.9. The van der Waals surface area contributed by atoms with Crippen LogP contribution in [0.1, 0.15) is 28.8 Å². The van der Waals surface area contributed by atoms with Crippen molar-refractivity contribution in [3.05, 3.63) is 69.1 Å². The Labute approximate surface area is 152 Å². The van der Waals surface area contributed by atoms with Gasteiger partial charge in [0.15, 0.2) is 0 Å². The summed E-state index contributed by atoms with van der Waals surface area (Å²) in [4.78, 5) is 27.0. The Bertz CT molecular complexity index is 818. The summed E-state index contributed by atoms with van der Waals surface area (Å²) in [6.07, 6.45) is 3.66. The molecule has 1 atom stereocenters. The number of aromatic nitrogens is 1. The van der Waals surface area contributed by atoms with E-state index < -0.39 is 0 Å². The van der Waals surface area contributed by atoms with Gasteiger partial charge in [0.1, 0.15) is 0 Å². The Morgan fingerprint density at radius 3 is 2.84 bits per heavy atom. The number of carbonyl (C=O) groups excluding carboxylic acids is 1. The molecule has 1 saturated heterocycles. The molecule has 3 rings (SSSR count). The number of likely N-dealkylation sites (N-methyl/N-ethyl adjacent to an activating group) is 1. The molecular formula is C19H22ClN3O2. The first-order chi connectivity index (χ1) is 12.1. The molecule has 0 spiro atoms. The zero-order valence-electron chi connectivity index (χ0n) is 14.2. The van der Waals surface area contributed by atoms with Gasteiger partial charge in [0.2, 0.25) is 0 Å². The summed E-state index contributed by atoms with van der Waals surface area (Å²) in [6, 6.07) is 10.7. The van der Waals surface area contributed by atoms with E-state index in [1.165, 1.54) is 10.6 Å². The van der Waals surface area contributed by atoms with Crippen molar-refractivity contribution < 1.29 is 4.79 Å². The zero-order chi connectivity index (χ0) is 17.8. The summed E-state index contributed by atoms with van der Waals surface area (Å²) in [7, 11) is 1.89. The molecule has 1 amide bonds. The number of benzene rings is 1. The monoisotopic (exact) mass is 359 g/mol. The average molecular weight is 360 g/mol. The van der Waals surface area contributed by atoms with Crippen molar-refractivity contribution in [1.29, 1.82) is 0 Å². The number of rotatable bonds is 5. The molecule has 5 nitrogen and oxygen atoms in total. The lowest BCUT2D eigenvalue weighted by atomic mass is 10.2. The molecular weight excluding hydrogens is 338 g/mol. The molecule has 1 aromatic heterocycles. The van der Waals surface area contributed by atoms with E-state index >= 15 is 0 Å². The highest BCUT2D eigenvalue weighted by molar-refractivity contribution is 6.31. The van der Waals surface area contributed by atoms with Gasteiger partial charge < -0.3 is 14.8 Å². The minimum absolute atomic E-state index is 0.0225. The van der Waals surface area contributed by atoms with Crippen LogP contribution in [0, 0.1) is 0 Å². The minimum atomic E-state index is -0.148. The van der Waals surface area contributed by atoms with Crippen molar-refractivity contribution in [2.24, 2.45) is 0 Å². The van der Waals surface area contributed by atoms with Crippen LogP contribution in [-0.4, -0.2) is 41.6 Å². The highest BCUT2D eigenvalue weighted by atomic mass is 35.5. The van der Waals surface area contributed by atoms with Gasteiger partial charge in [-0.15, -0.1) is 0 Å². The van der Waals surface area contributed by atoms with Gasteiger partial charge >= 0.3 is 0 Å². The Balaban J connectivity index is 1.85. The van der Waals surface area contributed by atoms with Crippen LogP contribution in [0.25, 0.3) is 0 Å². The molecule has 0 bridgehead atoms. The fourth-order valence-corrected chi connectivity index (χ4v) is 3.50. The van der Waals surface area contributed by atoms with E-state index in [0.29, 0.717) is 17.1 Å². The van der Waals surface area contributed by atoms with Crippen LogP contribution in [0.3, 0.4) is 0 Å². The Kier molecular flexibility index (Phi) is 5.56. The van der Waals surface area contributed by atoms with Gasteiger partial charge in [-0.25, -0.2) is 0 Å². The van der Waals surface area contributed by atoms with Crippen molar-refractivity contribution >= 4 is 17.5 Å². The number of amides is 1. The molecule has 1 fully saturated rings. The van der Waals surface area contributed by atoms with E-state index in [4.69, 9.17) is 11.6 Å². The highest BCUT2D eigenvalue weighted by Crippen LogP contribution is 2.20. The van der Waals surface area contributed by atoms with Gasteiger partial charge in [-0.05, 0) is 37.6 Å². The molecule has 6 heteroatoms. The number of nitrogens with one attached hydrogen (secondary N) is 1. The number of hydrogen-bond donors (Lipinski definition) is 1. The predicted molar refractivity (Wildman–Crippen MR) is 99.2 cm³/mol. The smallest absolute Gasteiger partial charge is 0.255 e. The molecule has 25 heavy (non-hydrogen) atoms. The topological polar surface area (TPSA) is 54.3 Å². The SMILES string of the molecule is CNCC1CCCN1C(=O)c1ccc(=O)n(Cc2ccccc2Cl)c1. The first-order valence-corrected chi connectivity index (χ1v) is 8.87. The van der Waals surface area contributed by atoms with Gasteiger partial charge in [-0.3, -0.25) is 9.59 Å². The number of carbonyl (C=O) groups is 1. The zero-order valence-corrected chi connectivity index (χ0v) is 15.0. The molecule has 1 N–H and O–H groups in total. The van der Waals surface area contributed by atoms with Crippen molar-refractivity contribution in [2.75, 3.05) is 20.1 Å². The molecule has 0 radical (unpaired) electrons. The summed E-state index contributed by atoms with van der Waals surface area (Å²) >= 11 is 6.19. The quantitative estimate of drug-likeness (QED) is 0.891. The molecule has 1 aliphatic heterocycles. The van der Waals surface area contributed by atoms with Gasteiger partial charge in [-0.1, -0.05) is 29.8 Å². The lowest BCUT2D eigenvalue weighted by Gasteiger charge is -2.24. The van der Waals surface area contributed by atoms with Crippen molar-refractivity contribution in [3.63, 3.8) is 0 Å². The van der Waals surface area contributed by atoms with E-state index in [9.17, 15) is 9.59 Å². The normalized spacial score (nSPS) is 17.0. The van der Waals surface area contributed by atoms with Gasteiger partial charge in [0, 0.05) is 36.4 Å². The minimum Gasteiger partial charge on any atom is -0.334 e. The second-order valence-electron chi connectivity index (χ2n) is 6.33. The van der Waals surface area contributed by atoms with Crippen LogP contribution in [0.2, 0.25) is 5.02 Å². The predicted octanol–water partition coefficient (Wildman–Crippen LogP) is 2.37. The highest BCUT2D eigenvalue weighted by Gasteiger charge is 2.29.